The Labute approximate surface area is 174 Å². The number of H-pyrrole nitrogens is 2. The number of rotatable bonds is 6. The lowest BCUT2D eigenvalue weighted by molar-refractivity contribution is 0.955. The molecular weight excluding hydrogens is 372 g/mol. The fraction of sp³-hybridized carbons (Fsp3) is 0.0769. The van der Waals surface area contributed by atoms with Crippen LogP contribution in [0.5, 0.6) is 0 Å². The van der Waals surface area contributed by atoms with Crippen LogP contribution in [0.25, 0.3) is 0 Å². The maximum absolute atomic E-state index is 3.43. The molecule has 2 aromatic carbocycles. The van der Waals surface area contributed by atoms with Crippen LogP contribution in [0.1, 0.15) is 44.1 Å². The quantitative estimate of drug-likeness (QED) is 0.319. The van der Waals surface area contributed by atoms with Crippen LogP contribution in [0.15, 0.2) is 109 Å². The molecule has 142 valence electrons. The van der Waals surface area contributed by atoms with Crippen molar-refractivity contribution in [1.29, 1.82) is 0 Å². The first-order valence-corrected chi connectivity index (χ1v) is 10.7. The highest BCUT2D eigenvalue weighted by molar-refractivity contribution is 7.12. The monoisotopic (exact) mass is 394 g/mol. The Morgan fingerprint density at radius 2 is 0.931 bits per heavy atom. The van der Waals surface area contributed by atoms with E-state index in [1.165, 1.54) is 32.3 Å². The molecule has 3 aromatic heterocycles. The number of hydrogen-bond donors (Lipinski definition) is 2. The molecule has 0 saturated heterocycles. The first-order valence-electron chi connectivity index (χ1n) is 9.86. The number of hydrogen-bond acceptors (Lipinski definition) is 1. The molecule has 2 N–H and O–H groups in total. The van der Waals surface area contributed by atoms with Crippen LogP contribution < -0.4 is 0 Å². The van der Waals surface area contributed by atoms with E-state index < -0.39 is 0 Å². The zero-order valence-corrected chi connectivity index (χ0v) is 16.8. The summed E-state index contributed by atoms with van der Waals surface area (Å²) >= 11 is 1.90. The zero-order valence-electron chi connectivity index (χ0n) is 16.0. The third-order valence-electron chi connectivity index (χ3n) is 5.35. The van der Waals surface area contributed by atoms with Crippen molar-refractivity contribution in [3.63, 3.8) is 0 Å². The van der Waals surface area contributed by atoms with Gasteiger partial charge in [0, 0.05) is 33.5 Å². The van der Waals surface area contributed by atoms with Crippen LogP contribution in [0.3, 0.4) is 0 Å². The average Bonchev–Trinajstić information content (AvgIpc) is 3.54. The SMILES string of the molecule is c1ccc(C(c2ccc[nH]2)c2ccc(C(c3ccccc3)c3ccc[nH]3)s2)cc1. The number of aromatic amines is 2. The zero-order chi connectivity index (χ0) is 19.5. The van der Waals surface area contributed by atoms with E-state index in [1.807, 2.05) is 23.7 Å². The minimum absolute atomic E-state index is 0.213. The summed E-state index contributed by atoms with van der Waals surface area (Å²) in [5.74, 6) is 0.426. The Balaban J connectivity index is 1.59. The summed E-state index contributed by atoms with van der Waals surface area (Å²) in [6.07, 6.45) is 4.01. The lowest BCUT2D eigenvalue weighted by atomic mass is 9.93. The molecule has 0 bridgehead atoms. The maximum atomic E-state index is 3.43. The molecule has 2 atom stereocenters. The predicted octanol–water partition coefficient (Wildman–Crippen LogP) is 6.76. The van der Waals surface area contributed by atoms with Crippen molar-refractivity contribution in [2.75, 3.05) is 0 Å². The second-order valence-electron chi connectivity index (χ2n) is 7.18. The van der Waals surface area contributed by atoms with Crippen LogP contribution in [-0.4, -0.2) is 9.97 Å². The molecule has 5 aromatic rings. The Bertz CT molecular complexity index is 1050. The highest BCUT2D eigenvalue weighted by Crippen LogP contribution is 2.40. The van der Waals surface area contributed by atoms with Gasteiger partial charge in [0.25, 0.3) is 0 Å². The van der Waals surface area contributed by atoms with Gasteiger partial charge in [-0.05, 0) is 47.5 Å². The fourth-order valence-corrected chi connectivity index (χ4v) is 5.32. The van der Waals surface area contributed by atoms with Crippen LogP contribution >= 0.6 is 11.3 Å². The van der Waals surface area contributed by atoms with Gasteiger partial charge in [-0.1, -0.05) is 60.7 Å². The number of thiophene rings is 1. The molecule has 5 rings (SSSR count). The normalized spacial score (nSPS) is 13.2. The van der Waals surface area contributed by atoms with Crippen molar-refractivity contribution in [2.24, 2.45) is 0 Å². The summed E-state index contributed by atoms with van der Waals surface area (Å²) in [6.45, 7) is 0. The van der Waals surface area contributed by atoms with E-state index in [0.717, 1.165) is 0 Å². The van der Waals surface area contributed by atoms with Gasteiger partial charge in [-0.25, -0.2) is 0 Å². The van der Waals surface area contributed by atoms with Crippen molar-refractivity contribution in [3.8, 4) is 0 Å². The highest BCUT2D eigenvalue weighted by atomic mass is 32.1. The minimum Gasteiger partial charge on any atom is -0.364 e. The standard InChI is InChI=1S/C26H22N2S/c1-3-9-19(10-4-1)25(21-13-7-17-27-21)23-15-16-24(29-23)26(22-14-8-18-28-22)20-11-5-2-6-12-20/h1-18,25-28H. The molecule has 3 heterocycles. The number of benzene rings is 2. The van der Waals surface area contributed by atoms with Crippen LogP contribution in [-0.2, 0) is 0 Å². The third-order valence-corrected chi connectivity index (χ3v) is 6.56. The van der Waals surface area contributed by atoms with Crippen molar-refractivity contribution < 1.29 is 0 Å². The van der Waals surface area contributed by atoms with Crippen molar-refractivity contribution in [1.82, 2.24) is 9.97 Å². The van der Waals surface area contributed by atoms with Crippen LogP contribution in [0.4, 0.5) is 0 Å². The first-order chi connectivity index (χ1) is 14.4. The van der Waals surface area contributed by atoms with Gasteiger partial charge in [-0.2, -0.15) is 0 Å². The van der Waals surface area contributed by atoms with Gasteiger partial charge in [0.1, 0.15) is 0 Å². The molecule has 29 heavy (non-hydrogen) atoms. The van der Waals surface area contributed by atoms with Gasteiger partial charge < -0.3 is 9.97 Å². The largest absolute Gasteiger partial charge is 0.364 e. The van der Waals surface area contributed by atoms with Gasteiger partial charge in [0.2, 0.25) is 0 Å². The summed E-state index contributed by atoms with van der Waals surface area (Å²) in [5, 5.41) is 0. The lowest BCUT2D eigenvalue weighted by Crippen LogP contribution is -2.02. The van der Waals surface area contributed by atoms with Gasteiger partial charge in [0.05, 0.1) is 11.8 Å². The van der Waals surface area contributed by atoms with E-state index in [0.29, 0.717) is 0 Å². The second-order valence-corrected chi connectivity index (χ2v) is 8.33. The van der Waals surface area contributed by atoms with Crippen molar-refractivity contribution in [2.45, 2.75) is 11.8 Å². The summed E-state index contributed by atoms with van der Waals surface area (Å²) in [5.41, 5.74) is 5.06. The summed E-state index contributed by atoms with van der Waals surface area (Å²) in [4.78, 5) is 9.56. The summed E-state index contributed by atoms with van der Waals surface area (Å²) in [6, 6.07) is 34.6. The molecule has 0 aliphatic rings. The smallest absolute Gasteiger partial charge is 0.0584 e. The molecular formula is C26H22N2S. The van der Waals surface area contributed by atoms with Crippen molar-refractivity contribution in [3.05, 3.63) is 142 Å². The third kappa shape index (κ3) is 3.57. The Hall–Kier alpha value is -3.30. The molecule has 0 saturated carbocycles. The molecule has 0 aliphatic carbocycles. The molecule has 2 unspecified atom stereocenters. The fourth-order valence-electron chi connectivity index (χ4n) is 4.01. The van der Waals surface area contributed by atoms with E-state index in [1.54, 1.807) is 0 Å². The van der Waals surface area contributed by atoms with E-state index >= 15 is 0 Å². The maximum Gasteiger partial charge on any atom is 0.0584 e. The first kappa shape index (κ1) is 17.8. The minimum atomic E-state index is 0.213. The Kier molecular flexibility index (Phi) is 4.89. The Morgan fingerprint density at radius 1 is 0.483 bits per heavy atom. The van der Waals surface area contributed by atoms with Crippen molar-refractivity contribution >= 4 is 11.3 Å². The summed E-state index contributed by atoms with van der Waals surface area (Å²) < 4.78 is 0. The van der Waals surface area contributed by atoms with Gasteiger partial charge >= 0.3 is 0 Å². The molecule has 3 heteroatoms. The second kappa shape index (κ2) is 7.98. The molecule has 0 aliphatic heterocycles. The van der Waals surface area contributed by atoms with E-state index in [2.05, 4.69) is 107 Å². The molecule has 0 spiro atoms. The lowest BCUT2D eigenvalue weighted by Gasteiger charge is -2.17. The molecule has 0 radical (unpaired) electrons. The predicted molar refractivity (Wildman–Crippen MR) is 121 cm³/mol. The van der Waals surface area contributed by atoms with Gasteiger partial charge in [0.15, 0.2) is 0 Å². The van der Waals surface area contributed by atoms with Crippen LogP contribution in [0, 0.1) is 0 Å². The average molecular weight is 395 g/mol. The number of nitrogens with one attached hydrogen (secondary N) is 2. The summed E-state index contributed by atoms with van der Waals surface area (Å²) in [7, 11) is 0. The molecule has 0 fully saturated rings. The van der Waals surface area contributed by atoms with E-state index in [4.69, 9.17) is 0 Å². The highest BCUT2D eigenvalue weighted by Gasteiger charge is 2.24. The molecule has 0 amide bonds. The molecule has 2 nitrogen and oxygen atoms in total. The van der Waals surface area contributed by atoms with Gasteiger partial charge in [-0.3, -0.25) is 0 Å². The van der Waals surface area contributed by atoms with E-state index in [-0.39, 0.29) is 11.8 Å². The van der Waals surface area contributed by atoms with Crippen LogP contribution in [0.2, 0.25) is 0 Å². The topological polar surface area (TPSA) is 31.6 Å². The Morgan fingerprint density at radius 3 is 1.31 bits per heavy atom. The van der Waals surface area contributed by atoms with Gasteiger partial charge in [-0.15, -0.1) is 11.3 Å². The number of aromatic nitrogens is 2. The van der Waals surface area contributed by atoms with E-state index in [9.17, 15) is 0 Å².